The van der Waals surface area contributed by atoms with E-state index in [1.165, 1.54) is 18.1 Å². The van der Waals surface area contributed by atoms with Crippen LogP contribution in [0.15, 0.2) is 36.7 Å². The fraction of sp³-hybridized carbons (Fsp3) is 0.423. The van der Waals surface area contributed by atoms with Crippen molar-refractivity contribution in [2.75, 3.05) is 25.5 Å². The maximum Gasteiger partial charge on any atom is 0.289 e. The molecule has 3 N–H and O–H groups in total. The summed E-state index contributed by atoms with van der Waals surface area (Å²) < 4.78 is 41.2. The number of aromatic nitrogens is 1. The summed E-state index contributed by atoms with van der Waals surface area (Å²) in [6.07, 6.45) is 3.07. The number of ketones is 1. The van der Waals surface area contributed by atoms with Crippen molar-refractivity contribution in [3.05, 3.63) is 59.7 Å². The summed E-state index contributed by atoms with van der Waals surface area (Å²) in [6.45, 7) is 3.63. The van der Waals surface area contributed by atoms with Crippen molar-refractivity contribution >= 4 is 29.2 Å². The fourth-order valence-corrected chi connectivity index (χ4v) is 5.32. The van der Waals surface area contributed by atoms with Gasteiger partial charge in [0.25, 0.3) is 5.91 Å². The number of pyridine rings is 1. The van der Waals surface area contributed by atoms with Crippen LogP contribution in [-0.4, -0.2) is 65.6 Å². The molecule has 1 aromatic carbocycles. The fourth-order valence-electron chi connectivity index (χ4n) is 5.32. The van der Waals surface area contributed by atoms with Crippen LogP contribution in [0, 0.1) is 34.7 Å². The first kappa shape index (κ1) is 27.1. The minimum atomic E-state index is -1.20. The molecule has 0 unspecified atom stereocenters. The van der Waals surface area contributed by atoms with E-state index in [0.717, 1.165) is 0 Å². The Morgan fingerprint density at radius 1 is 1.16 bits per heavy atom. The molecule has 2 fully saturated rings. The molecule has 2 aliphatic rings. The third-order valence-corrected chi connectivity index (χ3v) is 7.47. The van der Waals surface area contributed by atoms with Gasteiger partial charge in [0.05, 0.1) is 6.54 Å². The number of anilines is 1. The SMILES string of the molecule is CNC(=O)C(=O)[C@H](Cc1cccnc1)NC(=O)[C@@H]1[C@@H]2[C@H](CN1C(=O)CNc1c(F)cc(F)cc1F)C2(C)C. The highest BCUT2D eigenvalue weighted by molar-refractivity contribution is 6.38. The Balaban J connectivity index is 1.52. The summed E-state index contributed by atoms with van der Waals surface area (Å²) >= 11 is 0. The predicted molar refractivity (Wildman–Crippen MR) is 130 cm³/mol. The number of Topliss-reactive ketones (excluding diaryl/α,β-unsaturated/α-hetero) is 1. The lowest BCUT2D eigenvalue weighted by Crippen LogP contribution is -2.56. The number of benzene rings is 1. The monoisotopic (exact) mass is 531 g/mol. The summed E-state index contributed by atoms with van der Waals surface area (Å²) in [5, 5.41) is 7.27. The van der Waals surface area contributed by atoms with Gasteiger partial charge in [0.15, 0.2) is 11.6 Å². The average molecular weight is 532 g/mol. The van der Waals surface area contributed by atoms with Crippen molar-refractivity contribution < 1.29 is 32.3 Å². The average Bonchev–Trinajstić information content (AvgIpc) is 3.19. The Morgan fingerprint density at radius 2 is 1.84 bits per heavy atom. The van der Waals surface area contributed by atoms with Crippen molar-refractivity contribution in [1.82, 2.24) is 20.5 Å². The lowest BCUT2D eigenvalue weighted by molar-refractivity contribution is -0.142. The van der Waals surface area contributed by atoms with Crippen LogP contribution in [-0.2, 0) is 25.6 Å². The van der Waals surface area contributed by atoms with Gasteiger partial charge in [-0.05, 0) is 28.9 Å². The highest BCUT2D eigenvalue weighted by atomic mass is 19.1. The van der Waals surface area contributed by atoms with Crippen LogP contribution in [0.25, 0.3) is 0 Å². The van der Waals surface area contributed by atoms with Gasteiger partial charge in [0.1, 0.15) is 23.6 Å². The normalized spacial score (nSPS) is 21.7. The Morgan fingerprint density at radius 3 is 2.45 bits per heavy atom. The van der Waals surface area contributed by atoms with Crippen LogP contribution in [0.4, 0.5) is 18.9 Å². The van der Waals surface area contributed by atoms with E-state index in [-0.39, 0.29) is 30.2 Å². The molecule has 0 bridgehead atoms. The molecule has 4 atom stereocenters. The molecule has 1 aliphatic heterocycles. The molecule has 1 aliphatic carbocycles. The molecule has 38 heavy (non-hydrogen) atoms. The largest absolute Gasteiger partial charge is 0.371 e. The number of carbonyl (C=O) groups excluding carboxylic acids is 4. The molecule has 0 radical (unpaired) electrons. The molecule has 2 heterocycles. The first-order chi connectivity index (χ1) is 17.9. The van der Waals surface area contributed by atoms with Gasteiger partial charge < -0.3 is 20.9 Å². The summed E-state index contributed by atoms with van der Waals surface area (Å²) in [6, 6.07) is 2.18. The quantitative estimate of drug-likeness (QED) is 0.421. The Kier molecular flexibility index (Phi) is 7.43. The number of hydrogen-bond donors (Lipinski definition) is 3. The van der Waals surface area contributed by atoms with Crippen LogP contribution in [0.3, 0.4) is 0 Å². The molecule has 4 rings (SSSR count). The Labute approximate surface area is 217 Å². The number of rotatable bonds is 9. The van der Waals surface area contributed by atoms with E-state index in [9.17, 15) is 32.3 Å². The number of amides is 3. The molecule has 1 aromatic heterocycles. The zero-order valence-electron chi connectivity index (χ0n) is 21.1. The highest BCUT2D eigenvalue weighted by Crippen LogP contribution is 2.64. The Hall–Kier alpha value is -3.96. The van der Waals surface area contributed by atoms with Gasteiger partial charge in [0, 0.05) is 44.5 Å². The maximum atomic E-state index is 14.0. The van der Waals surface area contributed by atoms with E-state index >= 15 is 0 Å². The van der Waals surface area contributed by atoms with Gasteiger partial charge in [0.2, 0.25) is 17.6 Å². The van der Waals surface area contributed by atoms with E-state index in [2.05, 4.69) is 20.9 Å². The van der Waals surface area contributed by atoms with E-state index < -0.39 is 65.3 Å². The predicted octanol–water partition coefficient (Wildman–Crippen LogP) is 1.44. The second-order valence-corrected chi connectivity index (χ2v) is 10.1. The van der Waals surface area contributed by atoms with Crippen LogP contribution in [0.1, 0.15) is 19.4 Å². The lowest BCUT2D eigenvalue weighted by Gasteiger charge is -2.31. The number of nitrogens with one attached hydrogen (secondary N) is 3. The van der Waals surface area contributed by atoms with Crippen LogP contribution < -0.4 is 16.0 Å². The Bertz CT molecular complexity index is 1250. The van der Waals surface area contributed by atoms with Gasteiger partial charge in [-0.3, -0.25) is 24.2 Å². The van der Waals surface area contributed by atoms with E-state index in [0.29, 0.717) is 17.7 Å². The minimum Gasteiger partial charge on any atom is -0.371 e. The van der Waals surface area contributed by atoms with Crippen LogP contribution >= 0.6 is 0 Å². The molecule has 2 aromatic rings. The molecule has 9 nitrogen and oxygen atoms in total. The van der Waals surface area contributed by atoms with Gasteiger partial charge in [-0.15, -0.1) is 0 Å². The zero-order valence-corrected chi connectivity index (χ0v) is 21.1. The molecule has 1 saturated heterocycles. The maximum absolute atomic E-state index is 14.0. The molecule has 0 spiro atoms. The first-order valence-corrected chi connectivity index (χ1v) is 12.1. The summed E-state index contributed by atoms with van der Waals surface area (Å²) in [4.78, 5) is 56.8. The van der Waals surface area contributed by atoms with E-state index in [1.54, 1.807) is 18.3 Å². The number of likely N-dealkylation sites (tertiary alicyclic amines) is 1. The summed E-state index contributed by atoms with van der Waals surface area (Å²) in [5.74, 6) is -6.62. The summed E-state index contributed by atoms with van der Waals surface area (Å²) in [7, 11) is 1.30. The van der Waals surface area contributed by atoms with Crippen molar-refractivity contribution in [1.29, 1.82) is 0 Å². The van der Waals surface area contributed by atoms with Crippen LogP contribution in [0.5, 0.6) is 0 Å². The van der Waals surface area contributed by atoms with E-state index in [4.69, 9.17) is 0 Å². The third kappa shape index (κ3) is 5.20. The molecular formula is C26H28F3N5O4. The first-order valence-electron chi connectivity index (χ1n) is 12.1. The summed E-state index contributed by atoms with van der Waals surface area (Å²) in [5.41, 5.74) is -0.282. The third-order valence-electron chi connectivity index (χ3n) is 7.47. The number of carbonyl (C=O) groups is 4. The standard InChI is InChI=1S/C26H28F3N5O4/c1-26(2)15-12-34(19(35)11-32-21-16(28)8-14(27)9-17(21)29)22(20(15)26)24(37)33-18(23(36)25(38)30-3)7-13-5-4-6-31-10-13/h4-6,8-10,15,18,20,22,32H,7,11-12H2,1-3H3,(H,30,38)(H,33,37)/t15-,18-,20-,22-/m0/s1. The molecule has 3 amide bonds. The second kappa shape index (κ2) is 10.4. The number of halogens is 3. The van der Waals surface area contributed by atoms with Crippen molar-refractivity contribution in [3.63, 3.8) is 0 Å². The zero-order chi connectivity index (χ0) is 27.8. The van der Waals surface area contributed by atoms with Crippen molar-refractivity contribution in [2.45, 2.75) is 32.4 Å². The number of piperidine rings is 1. The number of hydrogen-bond acceptors (Lipinski definition) is 6. The molecule has 12 heteroatoms. The number of fused-ring (bicyclic) bond motifs is 1. The van der Waals surface area contributed by atoms with Crippen molar-refractivity contribution in [3.8, 4) is 0 Å². The van der Waals surface area contributed by atoms with E-state index in [1.807, 2.05) is 13.8 Å². The molecular weight excluding hydrogens is 503 g/mol. The smallest absolute Gasteiger partial charge is 0.289 e. The van der Waals surface area contributed by atoms with Gasteiger partial charge in [-0.1, -0.05) is 19.9 Å². The molecule has 1 saturated carbocycles. The lowest BCUT2D eigenvalue weighted by atomic mass is 9.98. The van der Waals surface area contributed by atoms with Gasteiger partial charge in [-0.2, -0.15) is 0 Å². The van der Waals surface area contributed by atoms with Gasteiger partial charge >= 0.3 is 0 Å². The number of nitrogens with zero attached hydrogens (tertiary/aromatic N) is 2. The second-order valence-electron chi connectivity index (χ2n) is 10.1. The van der Waals surface area contributed by atoms with Crippen LogP contribution in [0.2, 0.25) is 0 Å². The van der Waals surface area contributed by atoms with Gasteiger partial charge in [-0.25, -0.2) is 13.2 Å². The minimum absolute atomic E-state index is 0.00732. The van der Waals surface area contributed by atoms with Crippen molar-refractivity contribution in [2.24, 2.45) is 17.3 Å². The topological polar surface area (TPSA) is 120 Å². The number of likely N-dealkylation sites (N-methyl/N-ethyl adjacent to an activating group) is 1. The molecule has 202 valence electrons. The highest BCUT2D eigenvalue weighted by Gasteiger charge is 2.69.